The summed E-state index contributed by atoms with van der Waals surface area (Å²) >= 11 is 0. The molecule has 10 aromatic carbocycles. The number of fused-ring (bicyclic) bond motifs is 8. The van der Waals surface area contributed by atoms with Crippen LogP contribution in [0.2, 0.25) is 0 Å². The highest BCUT2D eigenvalue weighted by Crippen LogP contribution is 2.44. The van der Waals surface area contributed by atoms with Crippen molar-refractivity contribution in [3.05, 3.63) is 212 Å². The summed E-state index contributed by atoms with van der Waals surface area (Å²) in [6.07, 6.45) is 0. The van der Waals surface area contributed by atoms with Gasteiger partial charge in [-0.2, -0.15) is 0 Å². The van der Waals surface area contributed by atoms with E-state index in [0.717, 1.165) is 55.5 Å². The zero-order valence-corrected chi connectivity index (χ0v) is 30.6. The third-order valence-electron chi connectivity index (χ3n) is 11.3. The second kappa shape index (κ2) is 13.2. The van der Waals surface area contributed by atoms with Crippen molar-refractivity contribution in [3.63, 3.8) is 0 Å². The van der Waals surface area contributed by atoms with Crippen LogP contribution in [-0.2, 0) is 0 Å². The smallest absolute Gasteiger partial charge is 0.143 e. The van der Waals surface area contributed by atoms with Gasteiger partial charge in [0.25, 0.3) is 0 Å². The van der Waals surface area contributed by atoms with Gasteiger partial charge >= 0.3 is 0 Å². The Balaban J connectivity index is 1.04. The van der Waals surface area contributed by atoms with E-state index in [1.54, 1.807) is 0 Å². The Kier molecular flexibility index (Phi) is 7.53. The lowest BCUT2D eigenvalue weighted by Crippen LogP contribution is -2.11. The molecule has 0 atom stereocenters. The summed E-state index contributed by atoms with van der Waals surface area (Å²) in [6.45, 7) is 0. The van der Waals surface area contributed by atoms with Crippen molar-refractivity contribution in [1.82, 2.24) is 0 Å². The summed E-state index contributed by atoms with van der Waals surface area (Å²) in [4.78, 5) is 2.38. The third-order valence-corrected chi connectivity index (χ3v) is 11.3. The topological polar surface area (TPSA) is 16.4 Å². The van der Waals surface area contributed by atoms with E-state index in [-0.39, 0.29) is 0 Å². The van der Waals surface area contributed by atoms with Crippen LogP contribution in [0, 0.1) is 0 Å². The lowest BCUT2D eigenvalue weighted by molar-refractivity contribution is 0.673. The van der Waals surface area contributed by atoms with Crippen LogP contribution >= 0.6 is 0 Å². The molecule has 2 nitrogen and oxygen atoms in total. The molecule has 1 heterocycles. The van der Waals surface area contributed by atoms with E-state index in [4.69, 9.17) is 4.42 Å². The van der Waals surface area contributed by atoms with Crippen molar-refractivity contribution < 1.29 is 4.42 Å². The standard InChI is InChI=1S/C54H35NO/c1-2-12-36(13-3-1)45-17-8-9-22-51(45)55(41-30-24-39(25-31-41)44-19-10-21-48-43-16-6-4-14-37(43)28-34-49(44)48)42-32-26-40(27-33-42)46-20-11-23-52-53(46)50-35-29-38-15-5-7-18-47(38)54(50)56-52/h1-35H. The van der Waals surface area contributed by atoms with Gasteiger partial charge in [0.2, 0.25) is 0 Å². The molecule has 0 spiro atoms. The molecule has 0 saturated carbocycles. The van der Waals surface area contributed by atoms with Crippen molar-refractivity contribution in [1.29, 1.82) is 0 Å². The van der Waals surface area contributed by atoms with Gasteiger partial charge in [-0.25, -0.2) is 0 Å². The lowest BCUT2D eigenvalue weighted by atomic mass is 9.94. The Labute approximate surface area is 325 Å². The van der Waals surface area contributed by atoms with Crippen LogP contribution in [0.1, 0.15) is 0 Å². The van der Waals surface area contributed by atoms with Crippen LogP contribution in [0.4, 0.5) is 17.1 Å². The zero-order chi connectivity index (χ0) is 37.0. The average Bonchev–Trinajstić information content (AvgIpc) is 3.67. The highest BCUT2D eigenvalue weighted by Gasteiger charge is 2.19. The summed E-state index contributed by atoms with van der Waals surface area (Å²) < 4.78 is 6.54. The summed E-state index contributed by atoms with van der Waals surface area (Å²) in [5.74, 6) is 0. The van der Waals surface area contributed by atoms with Crippen LogP contribution in [0.25, 0.3) is 87.6 Å². The molecule has 0 amide bonds. The van der Waals surface area contributed by atoms with Gasteiger partial charge in [-0.15, -0.1) is 0 Å². The number of hydrogen-bond acceptors (Lipinski definition) is 2. The Morgan fingerprint density at radius 3 is 1.61 bits per heavy atom. The maximum atomic E-state index is 6.54. The van der Waals surface area contributed by atoms with E-state index in [2.05, 4.69) is 217 Å². The van der Waals surface area contributed by atoms with Gasteiger partial charge in [-0.1, -0.05) is 170 Å². The van der Waals surface area contributed by atoms with Gasteiger partial charge in [0.05, 0.1) is 5.69 Å². The van der Waals surface area contributed by atoms with Gasteiger partial charge in [-0.3, -0.25) is 0 Å². The summed E-state index contributed by atoms with van der Waals surface area (Å²) in [7, 11) is 0. The van der Waals surface area contributed by atoms with Crippen LogP contribution in [-0.4, -0.2) is 0 Å². The predicted molar refractivity (Wildman–Crippen MR) is 237 cm³/mol. The maximum absolute atomic E-state index is 6.54. The highest BCUT2D eigenvalue weighted by molar-refractivity contribution is 6.19. The number of para-hydroxylation sites is 1. The molecule has 0 fully saturated rings. The Bertz CT molecular complexity index is 3230. The molecule has 0 aliphatic heterocycles. The molecular formula is C54H35NO. The molecule has 2 heteroatoms. The summed E-state index contributed by atoms with van der Waals surface area (Å²) in [5, 5.41) is 9.66. The van der Waals surface area contributed by atoms with Crippen LogP contribution in [0.5, 0.6) is 0 Å². The molecule has 0 bridgehead atoms. The van der Waals surface area contributed by atoms with Crippen molar-refractivity contribution in [2.24, 2.45) is 0 Å². The number of nitrogens with zero attached hydrogens (tertiary/aromatic N) is 1. The minimum absolute atomic E-state index is 0.899. The molecule has 0 radical (unpaired) electrons. The fourth-order valence-electron chi connectivity index (χ4n) is 8.62. The second-order valence-corrected chi connectivity index (χ2v) is 14.4. The van der Waals surface area contributed by atoms with E-state index in [9.17, 15) is 0 Å². The molecule has 0 aliphatic carbocycles. The van der Waals surface area contributed by atoms with Crippen molar-refractivity contribution >= 4 is 71.3 Å². The first-order valence-corrected chi connectivity index (χ1v) is 19.2. The van der Waals surface area contributed by atoms with Crippen LogP contribution in [0.15, 0.2) is 217 Å². The molecule has 11 aromatic rings. The van der Waals surface area contributed by atoms with Gasteiger partial charge in [0.15, 0.2) is 0 Å². The first-order valence-electron chi connectivity index (χ1n) is 19.2. The SMILES string of the molecule is c1ccc(-c2ccccc2N(c2ccc(-c3cccc4c3ccc3ccccc34)cc2)c2ccc(-c3cccc4oc5c6ccccc6ccc5c34)cc2)cc1. The fourth-order valence-corrected chi connectivity index (χ4v) is 8.62. The Hall–Kier alpha value is -7.42. The molecular weight excluding hydrogens is 679 g/mol. The van der Waals surface area contributed by atoms with Gasteiger partial charge in [-0.05, 0) is 97.2 Å². The van der Waals surface area contributed by atoms with Crippen LogP contribution in [0.3, 0.4) is 0 Å². The van der Waals surface area contributed by atoms with E-state index in [1.807, 2.05) is 0 Å². The van der Waals surface area contributed by atoms with Gasteiger partial charge in [0, 0.05) is 33.1 Å². The number of furan rings is 1. The molecule has 0 unspecified atom stereocenters. The van der Waals surface area contributed by atoms with Crippen molar-refractivity contribution in [3.8, 4) is 33.4 Å². The minimum atomic E-state index is 0.899. The monoisotopic (exact) mass is 713 g/mol. The minimum Gasteiger partial charge on any atom is -0.455 e. The summed E-state index contributed by atoms with van der Waals surface area (Å²) in [5.41, 5.74) is 12.2. The summed E-state index contributed by atoms with van der Waals surface area (Å²) in [6, 6.07) is 76.4. The quantitative estimate of drug-likeness (QED) is 0.160. The van der Waals surface area contributed by atoms with E-state index in [1.165, 1.54) is 49.2 Å². The third kappa shape index (κ3) is 5.26. The number of anilines is 3. The molecule has 0 saturated heterocycles. The molecule has 11 rings (SSSR count). The molecule has 1 aromatic heterocycles. The highest BCUT2D eigenvalue weighted by atomic mass is 16.3. The molecule has 0 N–H and O–H groups in total. The molecule has 262 valence electrons. The molecule has 0 aliphatic rings. The lowest BCUT2D eigenvalue weighted by Gasteiger charge is -2.28. The van der Waals surface area contributed by atoms with E-state index in [0.29, 0.717) is 0 Å². The predicted octanol–water partition coefficient (Wildman–Crippen LogP) is 15.5. The van der Waals surface area contributed by atoms with Crippen molar-refractivity contribution in [2.45, 2.75) is 0 Å². The Morgan fingerprint density at radius 1 is 0.304 bits per heavy atom. The largest absolute Gasteiger partial charge is 0.455 e. The van der Waals surface area contributed by atoms with Crippen LogP contribution < -0.4 is 4.90 Å². The first-order chi connectivity index (χ1) is 27.8. The Morgan fingerprint density at radius 2 is 0.839 bits per heavy atom. The normalized spacial score (nSPS) is 11.6. The first kappa shape index (κ1) is 32.0. The van der Waals surface area contributed by atoms with Gasteiger partial charge < -0.3 is 9.32 Å². The maximum Gasteiger partial charge on any atom is 0.143 e. The van der Waals surface area contributed by atoms with E-state index >= 15 is 0 Å². The number of rotatable bonds is 6. The van der Waals surface area contributed by atoms with E-state index < -0.39 is 0 Å². The molecule has 56 heavy (non-hydrogen) atoms. The average molecular weight is 714 g/mol. The zero-order valence-electron chi connectivity index (χ0n) is 30.6. The number of hydrogen-bond donors (Lipinski definition) is 0. The van der Waals surface area contributed by atoms with Gasteiger partial charge in [0.1, 0.15) is 11.2 Å². The van der Waals surface area contributed by atoms with Crippen molar-refractivity contribution in [2.75, 3.05) is 4.90 Å². The second-order valence-electron chi connectivity index (χ2n) is 14.4. The fraction of sp³-hybridized carbons (Fsp3) is 0. The number of benzene rings is 10.